The van der Waals surface area contributed by atoms with Crippen molar-refractivity contribution in [3.05, 3.63) is 15.8 Å². The number of methoxy groups -OCH3 is 1. The molecule has 0 spiro atoms. The SMILES string of the molecule is COC(=O)c1sc(C2CC2)cc1N. The van der Waals surface area contributed by atoms with Gasteiger partial charge in [-0.2, -0.15) is 0 Å². The maximum absolute atomic E-state index is 11.2. The van der Waals surface area contributed by atoms with Gasteiger partial charge in [0.1, 0.15) is 4.88 Å². The van der Waals surface area contributed by atoms with E-state index in [1.807, 2.05) is 6.07 Å². The van der Waals surface area contributed by atoms with Crippen LogP contribution in [0.3, 0.4) is 0 Å². The Labute approximate surface area is 80.5 Å². The summed E-state index contributed by atoms with van der Waals surface area (Å²) < 4.78 is 4.62. The Morgan fingerprint density at radius 3 is 2.92 bits per heavy atom. The molecule has 4 heteroatoms. The smallest absolute Gasteiger partial charge is 0.350 e. The molecule has 1 aromatic heterocycles. The molecule has 0 saturated heterocycles. The van der Waals surface area contributed by atoms with Gasteiger partial charge in [-0.15, -0.1) is 11.3 Å². The second kappa shape index (κ2) is 3.03. The number of carbonyl (C=O) groups is 1. The van der Waals surface area contributed by atoms with Crippen LogP contribution in [0.15, 0.2) is 6.07 Å². The average molecular weight is 197 g/mol. The van der Waals surface area contributed by atoms with Gasteiger partial charge >= 0.3 is 5.97 Å². The maximum Gasteiger partial charge on any atom is 0.350 e. The Morgan fingerprint density at radius 1 is 1.69 bits per heavy atom. The Bertz CT molecular complexity index is 341. The Morgan fingerprint density at radius 2 is 2.38 bits per heavy atom. The minimum Gasteiger partial charge on any atom is -0.465 e. The third-order valence-electron chi connectivity index (χ3n) is 2.13. The van der Waals surface area contributed by atoms with Gasteiger partial charge in [0, 0.05) is 4.88 Å². The van der Waals surface area contributed by atoms with Crippen molar-refractivity contribution in [1.82, 2.24) is 0 Å². The van der Waals surface area contributed by atoms with Crippen molar-refractivity contribution < 1.29 is 9.53 Å². The Kier molecular flexibility index (Phi) is 2.00. The summed E-state index contributed by atoms with van der Waals surface area (Å²) in [5, 5.41) is 0. The van der Waals surface area contributed by atoms with Gasteiger partial charge in [0.05, 0.1) is 12.8 Å². The minimum absolute atomic E-state index is 0.325. The molecule has 1 aliphatic carbocycles. The molecule has 70 valence electrons. The largest absolute Gasteiger partial charge is 0.465 e. The van der Waals surface area contributed by atoms with Crippen molar-refractivity contribution in [1.29, 1.82) is 0 Å². The van der Waals surface area contributed by atoms with Crippen LogP contribution in [-0.4, -0.2) is 13.1 Å². The van der Waals surface area contributed by atoms with Gasteiger partial charge in [0.15, 0.2) is 0 Å². The van der Waals surface area contributed by atoms with E-state index in [0.717, 1.165) is 0 Å². The van der Waals surface area contributed by atoms with Gasteiger partial charge in [-0.1, -0.05) is 0 Å². The fourth-order valence-corrected chi connectivity index (χ4v) is 2.41. The molecule has 2 rings (SSSR count). The van der Waals surface area contributed by atoms with Crippen molar-refractivity contribution in [3.8, 4) is 0 Å². The number of nitrogen functional groups attached to an aromatic ring is 1. The van der Waals surface area contributed by atoms with Crippen LogP contribution in [0.5, 0.6) is 0 Å². The molecule has 3 nitrogen and oxygen atoms in total. The molecule has 0 unspecified atom stereocenters. The summed E-state index contributed by atoms with van der Waals surface area (Å²) in [6, 6.07) is 1.90. The zero-order valence-electron chi connectivity index (χ0n) is 7.37. The summed E-state index contributed by atoms with van der Waals surface area (Å²) in [5.74, 6) is 0.320. The molecular formula is C9H11NO2S. The number of nitrogens with two attached hydrogens (primary N) is 1. The Balaban J connectivity index is 2.29. The van der Waals surface area contributed by atoms with Gasteiger partial charge < -0.3 is 10.5 Å². The van der Waals surface area contributed by atoms with Crippen LogP contribution in [0.4, 0.5) is 5.69 Å². The molecule has 1 aliphatic rings. The lowest BCUT2D eigenvalue weighted by Gasteiger charge is -1.94. The van der Waals surface area contributed by atoms with E-state index in [4.69, 9.17) is 5.73 Å². The van der Waals surface area contributed by atoms with Crippen LogP contribution in [0.1, 0.15) is 33.3 Å². The number of ether oxygens (including phenoxy) is 1. The fraction of sp³-hybridized carbons (Fsp3) is 0.444. The van der Waals surface area contributed by atoms with Gasteiger partial charge in [0.25, 0.3) is 0 Å². The molecule has 0 aliphatic heterocycles. The molecule has 1 heterocycles. The zero-order chi connectivity index (χ0) is 9.42. The first-order chi connectivity index (χ1) is 6.22. The molecule has 0 bridgehead atoms. The highest BCUT2D eigenvalue weighted by molar-refractivity contribution is 7.14. The van der Waals surface area contributed by atoms with Crippen molar-refractivity contribution in [2.75, 3.05) is 12.8 Å². The topological polar surface area (TPSA) is 52.3 Å². The number of thiophene rings is 1. The van der Waals surface area contributed by atoms with E-state index in [1.54, 1.807) is 0 Å². The second-order valence-electron chi connectivity index (χ2n) is 3.20. The molecule has 1 aromatic rings. The molecule has 0 amide bonds. The average Bonchev–Trinajstić information content (AvgIpc) is 2.89. The molecule has 1 fully saturated rings. The van der Waals surface area contributed by atoms with Crippen molar-refractivity contribution in [2.24, 2.45) is 0 Å². The number of rotatable bonds is 2. The molecule has 0 radical (unpaired) electrons. The number of carbonyl (C=O) groups excluding carboxylic acids is 1. The van der Waals surface area contributed by atoms with E-state index in [1.165, 1.54) is 36.2 Å². The minimum atomic E-state index is -0.325. The van der Waals surface area contributed by atoms with Crippen LogP contribution in [0, 0.1) is 0 Å². The lowest BCUT2D eigenvalue weighted by atomic mass is 10.3. The summed E-state index contributed by atoms with van der Waals surface area (Å²) in [5.41, 5.74) is 6.25. The molecule has 0 atom stereocenters. The normalized spacial score (nSPS) is 15.8. The predicted molar refractivity (Wildman–Crippen MR) is 52.0 cm³/mol. The monoisotopic (exact) mass is 197 g/mol. The first-order valence-electron chi connectivity index (χ1n) is 4.20. The number of hydrogen-bond donors (Lipinski definition) is 1. The van der Waals surface area contributed by atoms with E-state index in [0.29, 0.717) is 16.5 Å². The van der Waals surface area contributed by atoms with E-state index < -0.39 is 0 Å². The summed E-state index contributed by atoms with van der Waals surface area (Å²) in [4.78, 5) is 13.0. The standard InChI is InChI=1S/C9H11NO2S/c1-12-9(11)8-6(10)4-7(13-8)5-2-3-5/h4-5H,2-3,10H2,1H3. The summed E-state index contributed by atoms with van der Waals surface area (Å²) in [6.45, 7) is 0. The third-order valence-corrected chi connectivity index (χ3v) is 3.42. The molecule has 13 heavy (non-hydrogen) atoms. The third kappa shape index (κ3) is 1.54. The van der Waals surface area contributed by atoms with E-state index >= 15 is 0 Å². The second-order valence-corrected chi connectivity index (χ2v) is 4.28. The van der Waals surface area contributed by atoms with E-state index in [2.05, 4.69) is 4.74 Å². The van der Waals surface area contributed by atoms with Crippen LogP contribution < -0.4 is 5.73 Å². The highest BCUT2D eigenvalue weighted by atomic mass is 32.1. The van der Waals surface area contributed by atoms with E-state index in [9.17, 15) is 4.79 Å². The van der Waals surface area contributed by atoms with Crippen LogP contribution in [0.25, 0.3) is 0 Å². The van der Waals surface area contributed by atoms with Crippen molar-refractivity contribution in [3.63, 3.8) is 0 Å². The zero-order valence-corrected chi connectivity index (χ0v) is 8.19. The van der Waals surface area contributed by atoms with Crippen molar-refractivity contribution >= 4 is 23.0 Å². The molecular weight excluding hydrogens is 186 g/mol. The number of hydrogen-bond acceptors (Lipinski definition) is 4. The lowest BCUT2D eigenvalue weighted by molar-refractivity contribution is 0.0607. The maximum atomic E-state index is 11.2. The van der Waals surface area contributed by atoms with Crippen LogP contribution in [-0.2, 0) is 4.74 Å². The summed E-state index contributed by atoms with van der Waals surface area (Å²) in [7, 11) is 1.37. The van der Waals surface area contributed by atoms with Gasteiger partial charge in [-0.3, -0.25) is 0 Å². The van der Waals surface area contributed by atoms with Crippen molar-refractivity contribution in [2.45, 2.75) is 18.8 Å². The summed E-state index contributed by atoms with van der Waals surface area (Å²) >= 11 is 1.46. The van der Waals surface area contributed by atoms with Crippen LogP contribution in [0.2, 0.25) is 0 Å². The van der Waals surface area contributed by atoms with Crippen LogP contribution >= 0.6 is 11.3 Å². The molecule has 0 aromatic carbocycles. The quantitative estimate of drug-likeness (QED) is 0.738. The lowest BCUT2D eigenvalue weighted by Crippen LogP contribution is -2.00. The van der Waals surface area contributed by atoms with Gasteiger partial charge in [-0.25, -0.2) is 4.79 Å². The highest BCUT2D eigenvalue weighted by Gasteiger charge is 2.27. The summed E-state index contributed by atoms with van der Waals surface area (Å²) in [6.07, 6.45) is 2.45. The first-order valence-corrected chi connectivity index (χ1v) is 5.01. The first kappa shape index (κ1) is 8.56. The number of anilines is 1. The van der Waals surface area contributed by atoms with E-state index in [-0.39, 0.29) is 5.97 Å². The Hall–Kier alpha value is -1.03. The predicted octanol–water partition coefficient (Wildman–Crippen LogP) is 1.99. The molecule has 1 saturated carbocycles. The molecule has 2 N–H and O–H groups in total. The fourth-order valence-electron chi connectivity index (χ4n) is 1.25. The highest BCUT2D eigenvalue weighted by Crippen LogP contribution is 2.45. The van der Waals surface area contributed by atoms with Gasteiger partial charge in [0.2, 0.25) is 0 Å². The van der Waals surface area contributed by atoms with Gasteiger partial charge in [-0.05, 0) is 24.8 Å². The number of esters is 1.